The molecule has 0 amide bonds. The zero-order valence-electron chi connectivity index (χ0n) is 14.0. The second kappa shape index (κ2) is 5.42. The first-order chi connectivity index (χ1) is 12.7. The molecule has 5 rings (SSSR count). The maximum Gasteiger partial charge on any atom is 0.247 e. The Bertz CT molecular complexity index is 1180. The van der Waals surface area contributed by atoms with Crippen molar-refractivity contribution in [3.63, 3.8) is 0 Å². The van der Waals surface area contributed by atoms with E-state index in [-0.39, 0.29) is 0 Å². The minimum absolute atomic E-state index is 0.365. The molecule has 1 aliphatic carbocycles. The lowest BCUT2D eigenvalue weighted by Crippen LogP contribution is -2.10. The van der Waals surface area contributed by atoms with Gasteiger partial charge < -0.3 is 15.2 Å². The highest BCUT2D eigenvalue weighted by Gasteiger charge is 2.24. The van der Waals surface area contributed by atoms with Crippen LogP contribution in [0, 0.1) is 11.3 Å². The third kappa shape index (κ3) is 2.39. The number of hydrogen-bond donors (Lipinski definition) is 2. The molecule has 0 unspecified atom stereocenters. The van der Waals surface area contributed by atoms with Crippen LogP contribution in [-0.4, -0.2) is 35.2 Å². The lowest BCUT2D eigenvalue weighted by atomic mass is 10.3. The third-order valence-electron chi connectivity index (χ3n) is 4.38. The summed E-state index contributed by atoms with van der Waals surface area (Å²) in [6.07, 6.45) is 5.51. The Hall–Kier alpha value is -3.67. The standard InChI is InChI=1S/C17H15N9/c1-25-9-20-13-6-11(4-5-14(13)25)22-17-23-15(21-10-2-3-10)16-19-8-12(7-18)26(16)24-17/h4-6,8-10H,2-3H2,1H3,(H2,21,22,23,24). The molecule has 0 aliphatic heterocycles. The van der Waals surface area contributed by atoms with Gasteiger partial charge in [0.05, 0.1) is 23.6 Å². The van der Waals surface area contributed by atoms with Crippen molar-refractivity contribution in [2.24, 2.45) is 7.05 Å². The number of rotatable bonds is 4. The van der Waals surface area contributed by atoms with Crippen molar-refractivity contribution in [1.82, 2.24) is 29.1 Å². The van der Waals surface area contributed by atoms with Gasteiger partial charge in [0, 0.05) is 18.8 Å². The van der Waals surface area contributed by atoms with Gasteiger partial charge in [0.25, 0.3) is 0 Å². The van der Waals surface area contributed by atoms with Crippen LogP contribution in [0.25, 0.3) is 16.7 Å². The normalized spacial score (nSPS) is 13.8. The number of hydrogen-bond acceptors (Lipinski definition) is 7. The van der Waals surface area contributed by atoms with E-state index < -0.39 is 0 Å². The van der Waals surface area contributed by atoms with E-state index in [1.54, 1.807) is 6.33 Å². The molecule has 26 heavy (non-hydrogen) atoms. The maximum atomic E-state index is 9.29. The fraction of sp³-hybridized carbons (Fsp3) is 0.235. The van der Waals surface area contributed by atoms with Crippen molar-refractivity contribution >= 4 is 34.1 Å². The molecule has 1 saturated carbocycles. The van der Waals surface area contributed by atoms with Gasteiger partial charge in [0.1, 0.15) is 6.07 Å². The Kier molecular flexibility index (Phi) is 3.05. The molecule has 9 heteroatoms. The van der Waals surface area contributed by atoms with Gasteiger partial charge in [0.2, 0.25) is 5.95 Å². The van der Waals surface area contributed by atoms with Crippen LogP contribution in [0.3, 0.4) is 0 Å². The lowest BCUT2D eigenvalue weighted by molar-refractivity contribution is 0.891. The average Bonchev–Trinajstić information content (AvgIpc) is 3.24. The number of anilines is 3. The molecule has 0 saturated heterocycles. The highest BCUT2D eigenvalue weighted by atomic mass is 15.4. The predicted octanol–water partition coefficient (Wildman–Crippen LogP) is 2.20. The van der Waals surface area contributed by atoms with Crippen molar-refractivity contribution in [3.8, 4) is 6.07 Å². The summed E-state index contributed by atoms with van der Waals surface area (Å²) in [6.45, 7) is 0. The van der Waals surface area contributed by atoms with Crippen LogP contribution in [0.2, 0.25) is 0 Å². The highest BCUT2D eigenvalue weighted by molar-refractivity contribution is 5.80. The number of nitriles is 1. The number of nitrogens with one attached hydrogen (secondary N) is 2. The van der Waals surface area contributed by atoms with Crippen LogP contribution >= 0.6 is 0 Å². The molecule has 4 aromatic rings. The van der Waals surface area contributed by atoms with Crippen molar-refractivity contribution in [2.45, 2.75) is 18.9 Å². The maximum absolute atomic E-state index is 9.29. The van der Waals surface area contributed by atoms with Gasteiger partial charge >= 0.3 is 0 Å². The summed E-state index contributed by atoms with van der Waals surface area (Å²) in [5, 5.41) is 20.3. The smallest absolute Gasteiger partial charge is 0.247 e. The number of fused-ring (bicyclic) bond motifs is 2. The van der Waals surface area contributed by atoms with Crippen LogP contribution in [-0.2, 0) is 7.05 Å². The molecule has 0 bridgehead atoms. The minimum Gasteiger partial charge on any atom is -0.364 e. The summed E-state index contributed by atoms with van der Waals surface area (Å²) >= 11 is 0. The molecule has 3 heterocycles. The van der Waals surface area contributed by atoms with E-state index in [4.69, 9.17) is 0 Å². The summed E-state index contributed by atoms with van der Waals surface area (Å²) in [5.74, 6) is 1.02. The number of aryl methyl sites for hydroxylation is 1. The number of nitrogens with zero attached hydrogens (tertiary/aromatic N) is 7. The van der Waals surface area contributed by atoms with E-state index in [0.29, 0.717) is 29.1 Å². The Labute approximate surface area is 148 Å². The summed E-state index contributed by atoms with van der Waals surface area (Å²) in [6, 6.07) is 8.40. The molecule has 1 aromatic carbocycles. The zero-order chi connectivity index (χ0) is 17.7. The Morgan fingerprint density at radius 2 is 2.15 bits per heavy atom. The van der Waals surface area contributed by atoms with Gasteiger partial charge in [-0.25, -0.2) is 9.97 Å². The molecule has 128 valence electrons. The molecule has 2 N–H and O–H groups in total. The van der Waals surface area contributed by atoms with Crippen LogP contribution in [0.5, 0.6) is 0 Å². The van der Waals surface area contributed by atoms with E-state index >= 15 is 0 Å². The van der Waals surface area contributed by atoms with Gasteiger partial charge in [-0.3, -0.25) is 0 Å². The van der Waals surface area contributed by atoms with Crippen molar-refractivity contribution in [1.29, 1.82) is 5.26 Å². The van der Waals surface area contributed by atoms with E-state index in [0.717, 1.165) is 29.6 Å². The second-order valence-corrected chi connectivity index (χ2v) is 6.38. The summed E-state index contributed by atoms with van der Waals surface area (Å²) < 4.78 is 3.48. The Balaban J connectivity index is 1.57. The molecular formula is C17H15N9. The second-order valence-electron chi connectivity index (χ2n) is 6.38. The zero-order valence-corrected chi connectivity index (χ0v) is 14.0. The average molecular weight is 345 g/mol. The number of imidazole rings is 2. The molecule has 1 aliphatic rings. The highest BCUT2D eigenvalue weighted by Crippen LogP contribution is 2.27. The molecule has 0 atom stereocenters. The fourth-order valence-electron chi connectivity index (χ4n) is 2.87. The molecule has 9 nitrogen and oxygen atoms in total. The third-order valence-corrected chi connectivity index (χ3v) is 4.38. The Morgan fingerprint density at radius 1 is 1.27 bits per heavy atom. The summed E-state index contributed by atoms with van der Waals surface area (Å²) in [5.41, 5.74) is 3.68. The first-order valence-electron chi connectivity index (χ1n) is 8.32. The summed E-state index contributed by atoms with van der Waals surface area (Å²) in [7, 11) is 1.96. The molecule has 0 spiro atoms. The van der Waals surface area contributed by atoms with Gasteiger partial charge in [-0.05, 0) is 31.0 Å². The van der Waals surface area contributed by atoms with Crippen LogP contribution in [0.1, 0.15) is 18.5 Å². The van der Waals surface area contributed by atoms with Gasteiger partial charge in [-0.15, -0.1) is 5.10 Å². The number of benzene rings is 1. The van der Waals surface area contributed by atoms with Crippen molar-refractivity contribution in [3.05, 3.63) is 36.4 Å². The largest absolute Gasteiger partial charge is 0.364 e. The SMILES string of the molecule is Cn1cnc2cc(Nc3nc(NC4CC4)c4ncc(C#N)n4n3)ccc21. The van der Waals surface area contributed by atoms with Crippen molar-refractivity contribution < 1.29 is 0 Å². The van der Waals surface area contributed by atoms with Crippen LogP contribution < -0.4 is 10.6 Å². The molecular weight excluding hydrogens is 330 g/mol. The monoisotopic (exact) mass is 345 g/mol. The van der Waals surface area contributed by atoms with E-state index in [2.05, 4.69) is 36.8 Å². The van der Waals surface area contributed by atoms with E-state index in [9.17, 15) is 5.26 Å². The summed E-state index contributed by atoms with van der Waals surface area (Å²) in [4.78, 5) is 13.2. The molecule has 1 fully saturated rings. The minimum atomic E-state index is 0.365. The number of aromatic nitrogens is 6. The van der Waals surface area contributed by atoms with E-state index in [1.807, 2.05) is 29.8 Å². The van der Waals surface area contributed by atoms with Gasteiger partial charge in [0.15, 0.2) is 17.2 Å². The molecule has 0 radical (unpaired) electrons. The van der Waals surface area contributed by atoms with Gasteiger partial charge in [-0.2, -0.15) is 14.8 Å². The van der Waals surface area contributed by atoms with Crippen molar-refractivity contribution in [2.75, 3.05) is 10.6 Å². The first-order valence-corrected chi connectivity index (χ1v) is 8.32. The van der Waals surface area contributed by atoms with E-state index in [1.165, 1.54) is 10.7 Å². The van der Waals surface area contributed by atoms with Crippen LogP contribution in [0.4, 0.5) is 17.5 Å². The van der Waals surface area contributed by atoms with Gasteiger partial charge in [-0.1, -0.05) is 0 Å². The Morgan fingerprint density at radius 3 is 2.96 bits per heavy atom. The molecule has 3 aromatic heterocycles. The quantitative estimate of drug-likeness (QED) is 0.583. The lowest BCUT2D eigenvalue weighted by Gasteiger charge is -2.10. The first kappa shape index (κ1) is 14.7. The van der Waals surface area contributed by atoms with Crippen LogP contribution in [0.15, 0.2) is 30.7 Å². The fourth-order valence-corrected chi connectivity index (χ4v) is 2.87. The predicted molar refractivity (Wildman–Crippen MR) is 96.1 cm³/mol. The topological polar surface area (TPSA) is 109 Å².